The fourth-order valence-electron chi connectivity index (χ4n) is 3.01. The van der Waals surface area contributed by atoms with Crippen LogP contribution in [0.25, 0.3) is 0 Å². The zero-order chi connectivity index (χ0) is 13.3. The summed E-state index contributed by atoms with van der Waals surface area (Å²) in [5, 5.41) is 0. The van der Waals surface area contributed by atoms with Crippen molar-refractivity contribution in [1.82, 2.24) is 0 Å². The number of carbonyl (C=O) groups excluding carboxylic acids is 1. The van der Waals surface area contributed by atoms with Gasteiger partial charge in [-0.15, -0.1) is 12.4 Å². The Morgan fingerprint density at radius 1 is 1.25 bits per heavy atom. The predicted molar refractivity (Wildman–Crippen MR) is 77.5 cm³/mol. The van der Waals surface area contributed by atoms with Crippen molar-refractivity contribution in [3.8, 4) is 0 Å². The van der Waals surface area contributed by atoms with Crippen LogP contribution in [0.15, 0.2) is 30.3 Å². The molecule has 2 heterocycles. The second-order valence-electron chi connectivity index (χ2n) is 5.58. The zero-order valence-corrected chi connectivity index (χ0v) is 12.1. The fourth-order valence-corrected chi connectivity index (χ4v) is 3.01. The third-order valence-corrected chi connectivity index (χ3v) is 4.00. The molecule has 20 heavy (non-hydrogen) atoms. The molecule has 2 atom stereocenters. The van der Waals surface area contributed by atoms with Crippen molar-refractivity contribution in [1.29, 1.82) is 0 Å². The van der Waals surface area contributed by atoms with Gasteiger partial charge in [0, 0.05) is 12.8 Å². The van der Waals surface area contributed by atoms with Crippen molar-refractivity contribution in [2.45, 2.75) is 50.0 Å². The second-order valence-corrected chi connectivity index (χ2v) is 5.58. The largest absolute Gasteiger partial charge is 0.459 e. The molecule has 1 aromatic rings. The summed E-state index contributed by atoms with van der Waals surface area (Å²) in [7, 11) is 0. The van der Waals surface area contributed by atoms with E-state index in [2.05, 4.69) is 0 Å². The molecule has 0 saturated carbocycles. The van der Waals surface area contributed by atoms with Crippen LogP contribution in [0.1, 0.15) is 31.2 Å². The van der Waals surface area contributed by atoms with Crippen molar-refractivity contribution in [2.75, 3.05) is 0 Å². The van der Waals surface area contributed by atoms with Crippen molar-refractivity contribution in [3.63, 3.8) is 0 Å². The van der Waals surface area contributed by atoms with Gasteiger partial charge in [0.25, 0.3) is 0 Å². The van der Waals surface area contributed by atoms with Gasteiger partial charge in [0.15, 0.2) is 0 Å². The molecule has 1 aromatic carbocycles. The molecule has 2 fully saturated rings. The minimum Gasteiger partial charge on any atom is -0.459 e. The van der Waals surface area contributed by atoms with E-state index in [-0.39, 0.29) is 37.2 Å². The number of ether oxygens (including phenoxy) is 2. The van der Waals surface area contributed by atoms with Gasteiger partial charge < -0.3 is 15.2 Å². The van der Waals surface area contributed by atoms with E-state index in [0.717, 1.165) is 18.4 Å². The van der Waals surface area contributed by atoms with Gasteiger partial charge >= 0.3 is 5.97 Å². The van der Waals surface area contributed by atoms with E-state index in [1.807, 2.05) is 30.3 Å². The summed E-state index contributed by atoms with van der Waals surface area (Å²) in [5.74, 6) is -0.295. The molecule has 110 valence electrons. The molecular weight excluding hydrogens is 278 g/mol. The highest BCUT2D eigenvalue weighted by molar-refractivity contribution is 5.85. The van der Waals surface area contributed by atoms with E-state index < -0.39 is 5.54 Å². The lowest BCUT2D eigenvalue weighted by Gasteiger charge is -2.35. The van der Waals surface area contributed by atoms with Gasteiger partial charge in [-0.1, -0.05) is 30.3 Å². The minimum atomic E-state index is -0.862. The topological polar surface area (TPSA) is 61.6 Å². The lowest BCUT2D eigenvalue weighted by Crippen LogP contribution is -2.55. The van der Waals surface area contributed by atoms with Gasteiger partial charge in [-0.3, -0.25) is 4.79 Å². The first-order valence-electron chi connectivity index (χ1n) is 6.81. The van der Waals surface area contributed by atoms with Crippen LogP contribution in [-0.2, 0) is 20.9 Å². The molecule has 0 amide bonds. The zero-order valence-electron chi connectivity index (χ0n) is 11.3. The van der Waals surface area contributed by atoms with Crippen LogP contribution in [0.2, 0.25) is 0 Å². The Kier molecular flexibility index (Phi) is 4.68. The van der Waals surface area contributed by atoms with Gasteiger partial charge in [0.2, 0.25) is 0 Å². The molecule has 5 heteroatoms. The summed E-state index contributed by atoms with van der Waals surface area (Å²) in [6.07, 6.45) is 3.44. The number of benzene rings is 1. The summed E-state index contributed by atoms with van der Waals surface area (Å²) in [6, 6.07) is 9.66. The van der Waals surface area contributed by atoms with Gasteiger partial charge in [0.05, 0.1) is 12.2 Å². The summed E-state index contributed by atoms with van der Waals surface area (Å²) in [6.45, 7) is 0.287. The first-order valence-corrected chi connectivity index (χ1v) is 6.81. The highest BCUT2D eigenvalue weighted by atomic mass is 35.5. The van der Waals surface area contributed by atoms with E-state index in [4.69, 9.17) is 15.2 Å². The highest BCUT2D eigenvalue weighted by Crippen LogP contribution is 2.37. The molecule has 3 rings (SSSR count). The standard InChI is InChI=1S/C15H19NO3.ClH/c16-15(8-12-6-7-13(9-15)19-12)14(17)18-10-11-4-2-1-3-5-11;/h1-5,12-13H,6-10,16H2;1H. The van der Waals surface area contributed by atoms with Crippen molar-refractivity contribution >= 4 is 18.4 Å². The van der Waals surface area contributed by atoms with Gasteiger partial charge in [-0.25, -0.2) is 0 Å². The number of rotatable bonds is 3. The first-order chi connectivity index (χ1) is 9.16. The lowest BCUT2D eigenvalue weighted by molar-refractivity contribution is -0.158. The molecule has 0 aliphatic carbocycles. The lowest BCUT2D eigenvalue weighted by atomic mass is 9.87. The summed E-state index contributed by atoms with van der Waals surface area (Å²) in [4.78, 5) is 12.2. The van der Waals surface area contributed by atoms with Crippen molar-refractivity contribution in [2.24, 2.45) is 5.73 Å². The van der Waals surface area contributed by atoms with Gasteiger partial charge in [-0.05, 0) is 18.4 Å². The average Bonchev–Trinajstić information content (AvgIpc) is 2.77. The number of carbonyl (C=O) groups is 1. The maximum atomic E-state index is 12.2. The number of halogens is 1. The van der Waals surface area contributed by atoms with Crippen LogP contribution in [0, 0.1) is 0 Å². The van der Waals surface area contributed by atoms with Crippen molar-refractivity contribution < 1.29 is 14.3 Å². The molecule has 0 radical (unpaired) electrons. The van der Waals surface area contributed by atoms with Crippen LogP contribution < -0.4 is 5.73 Å². The molecular formula is C15H20ClNO3. The van der Waals surface area contributed by atoms with E-state index >= 15 is 0 Å². The monoisotopic (exact) mass is 297 g/mol. The van der Waals surface area contributed by atoms with E-state index in [1.54, 1.807) is 0 Å². The maximum Gasteiger partial charge on any atom is 0.326 e. The molecule has 0 aromatic heterocycles. The highest BCUT2D eigenvalue weighted by Gasteiger charge is 2.47. The van der Waals surface area contributed by atoms with Crippen LogP contribution in [0.5, 0.6) is 0 Å². The normalized spacial score (nSPS) is 31.4. The molecule has 2 N–H and O–H groups in total. The number of fused-ring (bicyclic) bond motifs is 2. The molecule has 2 unspecified atom stereocenters. The Morgan fingerprint density at radius 2 is 1.85 bits per heavy atom. The summed E-state index contributed by atoms with van der Waals surface area (Å²) in [5.41, 5.74) is 6.35. The molecule has 2 aliphatic heterocycles. The Hall–Kier alpha value is -1.10. The molecule has 4 nitrogen and oxygen atoms in total. The number of esters is 1. The number of hydrogen-bond acceptors (Lipinski definition) is 4. The molecule has 0 spiro atoms. The first kappa shape index (κ1) is 15.3. The number of nitrogens with two attached hydrogens (primary N) is 1. The van der Waals surface area contributed by atoms with Gasteiger partial charge in [-0.2, -0.15) is 0 Å². The van der Waals surface area contributed by atoms with E-state index in [0.29, 0.717) is 12.8 Å². The third-order valence-electron chi connectivity index (χ3n) is 4.00. The Balaban J connectivity index is 0.00000147. The summed E-state index contributed by atoms with van der Waals surface area (Å²) >= 11 is 0. The minimum absolute atomic E-state index is 0. The summed E-state index contributed by atoms with van der Waals surface area (Å²) < 4.78 is 11.1. The quantitative estimate of drug-likeness (QED) is 0.869. The molecule has 2 aliphatic rings. The smallest absolute Gasteiger partial charge is 0.326 e. The Morgan fingerprint density at radius 3 is 2.45 bits per heavy atom. The SMILES string of the molecule is Cl.NC1(C(=O)OCc2ccccc2)CC2CCC(C1)O2. The Bertz CT molecular complexity index is 453. The Labute approximate surface area is 125 Å². The predicted octanol–water partition coefficient (Wildman–Crippen LogP) is 2.19. The van der Waals surface area contributed by atoms with E-state index in [1.165, 1.54) is 0 Å². The maximum absolute atomic E-state index is 12.2. The fraction of sp³-hybridized carbons (Fsp3) is 0.533. The van der Waals surface area contributed by atoms with Crippen LogP contribution >= 0.6 is 12.4 Å². The van der Waals surface area contributed by atoms with Gasteiger partial charge in [0.1, 0.15) is 12.1 Å². The number of hydrogen-bond donors (Lipinski definition) is 1. The molecule has 2 bridgehead atoms. The second kappa shape index (κ2) is 6.12. The average molecular weight is 298 g/mol. The van der Waals surface area contributed by atoms with Crippen LogP contribution in [-0.4, -0.2) is 23.7 Å². The van der Waals surface area contributed by atoms with E-state index in [9.17, 15) is 4.79 Å². The third kappa shape index (κ3) is 3.14. The van der Waals surface area contributed by atoms with Crippen LogP contribution in [0.3, 0.4) is 0 Å². The molecule has 2 saturated heterocycles. The van der Waals surface area contributed by atoms with Crippen molar-refractivity contribution in [3.05, 3.63) is 35.9 Å². The van der Waals surface area contributed by atoms with Crippen LogP contribution in [0.4, 0.5) is 0 Å².